The summed E-state index contributed by atoms with van der Waals surface area (Å²) in [5.41, 5.74) is 0. The lowest BCUT2D eigenvalue weighted by atomic mass is 10.2. The van der Waals surface area contributed by atoms with Gasteiger partial charge in [-0.15, -0.1) is 0 Å². The maximum absolute atomic E-state index is 11.8. The molecule has 0 spiro atoms. The van der Waals surface area contributed by atoms with Gasteiger partial charge >= 0.3 is 0 Å². The number of nitrogens with one attached hydrogen (secondary N) is 2. The zero-order valence-electron chi connectivity index (χ0n) is 35.8. The molecule has 21 heteroatoms. The molecule has 0 saturated carbocycles. The van der Waals surface area contributed by atoms with Crippen LogP contribution in [0.3, 0.4) is 0 Å². The summed E-state index contributed by atoms with van der Waals surface area (Å²) in [6.07, 6.45) is 6.43. The number of hydrogen-bond acceptors (Lipinski definition) is 18. The van der Waals surface area contributed by atoms with Crippen LogP contribution in [0.5, 0.6) is 0 Å². The monoisotopic (exact) mass is 911 g/mol. The molecule has 18 nitrogen and oxygen atoms in total. The fourth-order valence-corrected chi connectivity index (χ4v) is 5.43. The Morgan fingerprint density at radius 2 is 0.746 bits per heavy atom. The lowest BCUT2D eigenvalue weighted by molar-refractivity contribution is -0.180. The molecular weight excluding hydrogens is 836 g/mol. The molecule has 0 aliphatic heterocycles. The summed E-state index contributed by atoms with van der Waals surface area (Å²) in [6, 6.07) is 0. The third-order valence-electron chi connectivity index (χ3n) is 7.39. The quantitative estimate of drug-likeness (QED) is 0.0656. The van der Waals surface area contributed by atoms with E-state index in [9.17, 15) is 14.5 Å². The van der Waals surface area contributed by atoms with E-state index in [2.05, 4.69) is 10.6 Å². The van der Waals surface area contributed by atoms with E-state index in [1.807, 2.05) is 6.26 Å². The van der Waals surface area contributed by atoms with Gasteiger partial charge in [-0.1, -0.05) is 24.6 Å². The molecule has 352 valence electrons. The third kappa shape index (κ3) is 53.4. The van der Waals surface area contributed by atoms with Crippen molar-refractivity contribution >= 4 is 41.9 Å². The summed E-state index contributed by atoms with van der Waals surface area (Å²) >= 11 is 6.37. The minimum atomic E-state index is -2.80. The van der Waals surface area contributed by atoms with Crippen LogP contribution in [0.1, 0.15) is 38.5 Å². The van der Waals surface area contributed by atoms with E-state index < -0.39 is 6.49 Å². The van der Waals surface area contributed by atoms with Gasteiger partial charge in [0.2, 0.25) is 11.8 Å². The third-order valence-corrected chi connectivity index (χ3v) is 8.97. The Balaban J connectivity index is 3.14. The molecule has 2 N–H and O–H groups in total. The lowest BCUT2D eigenvalue weighted by Crippen LogP contribution is -2.27. The number of carbonyl (C=O) groups excluding carboxylic acids is 2. The molecule has 0 rings (SSSR count). The van der Waals surface area contributed by atoms with Crippen LogP contribution in [-0.2, 0) is 82.8 Å². The molecule has 0 aromatic carbocycles. The molecular formula is C38H76N2O16PS2-. The maximum Gasteiger partial charge on any atom is 0.222 e. The first-order valence-electron chi connectivity index (χ1n) is 20.7. The van der Waals surface area contributed by atoms with Gasteiger partial charge in [-0.05, 0) is 32.3 Å². The van der Waals surface area contributed by atoms with Crippen molar-refractivity contribution in [3.05, 3.63) is 0 Å². The number of ether oxygens (including phenoxy) is 12. The normalized spacial score (nSPS) is 12.5. The summed E-state index contributed by atoms with van der Waals surface area (Å²) in [6.45, 7) is 11.5. The van der Waals surface area contributed by atoms with Crippen LogP contribution in [0.25, 0.3) is 0 Å². The molecule has 0 fully saturated rings. The highest BCUT2D eigenvalue weighted by molar-refractivity contribution is 8.08. The van der Waals surface area contributed by atoms with E-state index >= 15 is 0 Å². The average molecular weight is 912 g/mol. The molecule has 0 aromatic rings. The minimum absolute atomic E-state index is 0.0326. The predicted octanol–water partition coefficient (Wildman–Crippen LogP) is 1.44. The van der Waals surface area contributed by atoms with Crippen molar-refractivity contribution in [2.45, 2.75) is 38.5 Å². The molecule has 0 saturated heterocycles. The van der Waals surface area contributed by atoms with Crippen molar-refractivity contribution in [2.75, 3.05) is 197 Å². The first-order valence-corrected chi connectivity index (χ1v) is 25.2. The van der Waals surface area contributed by atoms with Crippen LogP contribution in [0.2, 0.25) is 0 Å². The fraction of sp³-hybridized carbons (Fsp3) is 0.947. The van der Waals surface area contributed by atoms with Gasteiger partial charge in [-0.25, -0.2) is 0 Å². The van der Waals surface area contributed by atoms with Gasteiger partial charge < -0.3 is 76.9 Å². The van der Waals surface area contributed by atoms with E-state index in [1.165, 1.54) is 6.66 Å². The highest BCUT2D eigenvalue weighted by Crippen LogP contribution is 2.31. The van der Waals surface area contributed by atoms with E-state index in [0.717, 1.165) is 31.4 Å². The first kappa shape index (κ1) is 58.4. The van der Waals surface area contributed by atoms with Crippen LogP contribution >= 0.6 is 18.3 Å². The van der Waals surface area contributed by atoms with Gasteiger partial charge in [0.25, 0.3) is 0 Å². The van der Waals surface area contributed by atoms with Crippen molar-refractivity contribution in [3.8, 4) is 0 Å². The Labute approximate surface area is 362 Å². The first-order chi connectivity index (χ1) is 28.8. The fourth-order valence-electron chi connectivity index (χ4n) is 4.36. The average Bonchev–Trinajstić information content (AvgIpc) is 3.21. The van der Waals surface area contributed by atoms with Gasteiger partial charge in [0.1, 0.15) is 0 Å². The summed E-state index contributed by atoms with van der Waals surface area (Å²) in [5.74, 6) is 0.847. The van der Waals surface area contributed by atoms with Crippen molar-refractivity contribution in [3.63, 3.8) is 0 Å². The summed E-state index contributed by atoms with van der Waals surface area (Å²) in [7, 11) is 0. The standard InChI is InChI=1S/C38H77N2O16PS2/c1-57(43,58)56-11-6-4-3-5-9-39-37(41)7-12-44-14-16-46-18-20-48-22-24-50-26-28-52-30-32-54-34-35-55-33-31-53-29-27-51-25-23-49-21-19-47-17-15-45-13-10-40-38(42)8-36-59-2/h3-36H2,1-2H3,(H,39,41)(H,40,42)(H,43,58)/p-1. The van der Waals surface area contributed by atoms with Crippen LogP contribution in [0.4, 0.5) is 0 Å². The van der Waals surface area contributed by atoms with Crippen LogP contribution in [0.15, 0.2) is 0 Å². The number of rotatable bonds is 50. The molecule has 59 heavy (non-hydrogen) atoms. The minimum Gasteiger partial charge on any atom is -0.801 e. The highest BCUT2D eigenvalue weighted by atomic mass is 32.5. The van der Waals surface area contributed by atoms with Crippen molar-refractivity contribution in [1.82, 2.24) is 10.6 Å². The van der Waals surface area contributed by atoms with E-state index in [1.54, 1.807) is 11.8 Å². The molecule has 0 bridgehead atoms. The zero-order chi connectivity index (χ0) is 43.0. The Bertz CT molecular complexity index is 948. The highest BCUT2D eigenvalue weighted by Gasteiger charge is 2.02. The molecule has 1 unspecified atom stereocenters. The van der Waals surface area contributed by atoms with E-state index in [-0.39, 0.29) is 11.8 Å². The number of carbonyl (C=O) groups is 2. The van der Waals surface area contributed by atoms with E-state index in [4.69, 9.17) is 73.2 Å². The van der Waals surface area contributed by atoms with Gasteiger partial charge in [0, 0.05) is 31.7 Å². The summed E-state index contributed by atoms with van der Waals surface area (Å²) in [5, 5.41) is 5.69. The Morgan fingerprint density at radius 3 is 1.10 bits per heavy atom. The Kier molecular flexibility index (Phi) is 47.9. The smallest absolute Gasteiger partial charge is 0.222 e. The van der Waals surface area contributed by atoms with Crippen LogP contribution < -0.4 is 15.5 Å². The summed E-state index contributed by atoms with van der Waals surface area (Å²) in [4.78, 5) is 34.6. The molecule has 0 heterocycles. The second kappa shape index (κ2) is 48.4. The Hall–Kier alpha value is -0.620. The zero-order valence-corrected chi connectivity index (χ0v) is 38.4. The van der Waals surface area contributed by atoms with E-state index in [0.29, 0.717) is 191 Å². The van der Waals surface area contributed by atoms with Crippen LogP contribution in [-0.4, -0.2) is 209 Å². The summed E-state index contributed by atoms with van der Waals surface area (Å²) < 4.78 is 70.8. The lowest BCUT2D eigenvalue weighted by Gasteiger charge is -2.22. The molecule has 0 radical (unpaired) electrons. The predicted molar refractivity (Wildman–Crippen MR) is 228 cm³/mol. The van der Waals surface area contributed by atoms with Crippen molar-refractivity contribution in [1.29, 1.82) is 0 Å². The molecule has 0 aliphatic rings. The van der Waals surface area contributed by atoms with Gasteiger partial charge in [-0.3, -0.25) is 9.59 Å². The maximum atomic E-state index is 11.8. The molecule has 0 aromatic heterocycles. The molecule has 1 atom stereocenters. The number of thioether (sulfide) groups is 1. The van der Waals surface area contributed by atoms with Gasteiger partial charge in [0.05, 0.1) is 165 Å². The number of unbranched alkanes of at least 4 members (excludes halogenated alkanes) is 3. The van der Waals surface area contributed by atoms with Crippen molar-refractivity contribution in [2.24, 2.45) is 0 Å². The SMILES string of the molecule is CSCCC(=O)NCCOCCOCCOCCOCCOCCOCCOCCOCCOCCOCCOCCOCCC(=O)NCCCCCCOP(C)([O-])=S. The van der Waals surface area contributed by atoms with Gasteiger partial charge in [0.15, 0.2) is 0 Å². The number of amides is 2. The number of hydrogen-bond donors (Lipinski definition) is 2. The topological polar surface area (TPSA) is 201 Å². The van der Waals surface area contributed by atoms with Crippen LogP contribution in [0, 0.1) is 0 Å². The Morgan fingerprint density at radius 1 is 0.441 bits per heavy atom. The largest absolute Gasteiger partial charge is 0.801 e. The second-order valence-corrected chi connectivity index (χ2v) is 17.3. The molecule has 2 amide bonds. The molecule has 0 aliphatic carbocycles. The second-order valence-electron chi connectivity index (χ2n) is 12.6. The van der Waals surface area contributed by atoms with Crippen molar-refractivity contribution < 1.29 is 75.8 Å². The van der Waals surface area contributed by atoms with Gasteiger partial charge in [-0.2, -0.15) is 11.8 Å².